The van der Waals surface area contributed by atoms with E-state index in [9.17, 15) is 13.2 Å². The van der Waals surface area contributed by atoms with Gasteiger partial charge in [-0.1, -0.05) is 4.57 Å². The number of alkyl halides is 3. The van der Waals surface area contributed by atoms with Crippen molar-refractivity contribution in [3.05, 3.63) is 0 Å². The third-order valence-electron chi connectivity index (χ3n) is 2.04. The van der Waals surface area contributed by atoms with Crippen molar-refractivity contribution in [3.63, 3.8) is 0 Å². The van der Waals surface area contributed by atoms with Crippen LogP contribution in [0.3, 0.4) is 0 Å². The zero-order valence-corrected chi connectivity index (χ0v) is 9.67. The number of halogens is 3. The van der Waals surface area contributed by atoms with Gasteiger partial charge in [0.1, 0.15) is 0 Å². The number of aliphatic carboxylic acids is 1. The van der Waals surface area contributed by atoms with Crippen molar-refractivity contribution in [2.24, 2.45) is 0 Å². The average Bonchev–Trinajstić information content (AvgIpc) is 2.82. The van der Waals surface area contributed by atoms with Crippen LogP contribution in [0.4, 0.5) is 19.0 Å². The van der Waals surface area contributed by atoms with Gasteiger partial charge in [0.15, 0.2) is 11.3 Å². The number of carboxylic acid groups (broad SMARTS) is 1. The Bertz CT molecular complexity index is 748. The van der Waals surface area contributed by atoms with Crippen LogP contribution in [-0.4, -0.2) is 43.9 Å². The summed E-state index contributed by atoms with van der Waals surface area (Å²) >= 11 is 0. The van der Waals surface area contributed by atoms with Crippen LogP contribution in [0.25, 0.3) is 17.0 Å². The maximum absolute atomic E-state index is 10.6. The number of nitrogens with zero attached hydrogens (tertiary/aromatic N) is 4. The normalized spacial score (nSPS) is 11.6. The summed E-state index contributed by atoms with van der Waals surface area (Å²) in [4.78, 5) is 20.8. The highest BCUT2D eigenvalue weighted by Crippen LogP contribution is 2.25. The maximum Gasteiger partial charge on any atom is 0.490 e. The van der Waals surface area contributed by atoms with Gasteiger partial charge in [0.05, 0.1) is 7.11 Å². The number of nitrogens with two attached hydrogens (primary N) is 1. The van der Waals surface area contributed by atoms with E-state index in [-0.39, 0.29) is 5.84 Å². The molecule has 12 heteroatoms. The standard InChI is InChI=1S/C6H5N5O2.C2HF3O2/c1-12-6-8-2-3(7)9-5-10-4(2)11(6)13-5;3-2(4,5)1(6)7/h1H3,(H2,7,9,10);(H,6,7). The largest absolute Gasteiger partial charge is 0.490 e. The van der Waals surface area contributed by atoms with Crippen molar-refractivity contribution in [2.75, 3.05) is 12.8 Å². The van der Waals surface area contributed by atoms with E-state index in [1.54, 1.807) is 0 Å². The number of nitrogen functional groups attached to an aromatic ring is 1. The number of ether oxygens (including phenoxy) is 1. The van der Waals surface area contributed by atoms with Crippen LogP contribution in [0.1, 0.15) is 0 Å². The number of anilines is 1. The van der Waals surface area contributed by atoms with Crippen molar-refractivity contribution < 1.29 is 32.3 Å². The molecule has 9 nitrogen and oxygen atoms in total. The van der Waals surface area contributed by atoms with E-state index in [2.05, 4.69) is 15.0 Å². The minimum atomic E-state index is -5.08. The van der Waals surface area contributed by atoms with Crippen molar-refractivity contribution >= 4 is 28.8 Å². The highest BCUT2D eigenvalue weighted by atomic mass is 19.4. The average molecular weight is 293 g/mol. The van der Waals surface area contributed by atoms with Gasteiger partial charge >= 0.3 is 24.0 Å². The molecule has 0 aliphatic rings. The Balaban J connectivity index is 0.000000182. The molecule has 0 amide bonds. The third kappa shape index (κ3) is 2.22. The number of methoxy groups -OCH3 is 1. The smallest absolute Gasteiger partial charge is 0.475 e. The van der Waals surface area contributed by atoms with Crippen LogP contribution >= 0.6 is 0 Å². The second-order valence-corrected chi connectivity index (χ2v) is 3.35. The molecule has 0 saturated carbocycles. The van der Waals surface area contributed by atoms with E-state index >= 15 is 0 Å². The molecule has 2 bridgehead atoms. The molecule has 0 aromatic carbocycles. The fraction of sp³-hybridized carbons (Fsp3) is 0.250. The van der Waals surface area contributed by atoms with Crippen molar-refractivity contribution in [2.45, 2.75) is 6.18 Å². The molecular weight excluding hydrogens is 287 g/mol. The maximum atomic E-state index is 10.6. The number of imidazole rings is 1. The quantitative estimate of drug-likeness (QED) is 0.664. The first-order valence-corrected chi connectivity index (χ1v) is 4.82. The monoisotopic (exact) mass is 293 g/mol. The van der Waals surface area contributed by atoms with Crippen LogP contribution in [0.15, 0.2) is 4.52 Å². The Morgan fingerprint density at radius 2 is 2.00 bits per heavy atom. The lowest BCUT2D eigenvalue weighted by atomic mass is 10.5. The Kier molecular flexibility index (Phi) is 3.00. The number of hydrogen-bond acceptors (Lipinski definition) is 7. The van der Waals surface area contributed by atoms with Gasteiger partial charge in [-0.3, -0.25) is 0 Å². The second-order valence-electron chi connectivity index (χ2n) is 3.35. The van der Waals surface area contributed by atoms with Crippen LogP contribution in [-0.2, 0) is 4.79 Å². The Morgan fingerprint density at radius 3 is 2.50 bits per heavy atom. The summed E-state index contributed by atoms with van der Waals surface area (Å²) in [6.45, 7) is 0. The molecular formula is C8H6F3N5O4. The molecule has 3 rings (SSSR count). The molecule has 108 valence electrons. The van der Waals surface area contributed by atoms with Gasteiger partial charge in [0.2, 0.25) is 5.65 Å². The van der Waals surface area contributed by atoms with Gasteiger partial charge in [-0.15, -0.1) is 0 Å². The van der Waals surface area contributed by atoms with Crippen LogP contribution in [0.5, 0.6) is 6.01 Å². The first-order valence-electron chi connectivity index (χ1n) is 4.82. The van der Waals surface area contributed by atoms with Gasteiger partial charge in [-0.2, -0.15) is 28.1 Å². The highest BCUT2D eigenvalue weighted by molar-refractivity contribution is 5.84. The third-order valence-corrected chi connectivity index (χ3v) is 2.04. The van der Waals surface area contributed by atoms with E-state index < -0.39 is 12.1 Å². The molecule has 0 fully saturated rings. The fourth-order valence-electron chi connectivity index (χ4n) is 1.25. The molecule has 3 N–H and O–H groups in total. The number of hydrogen-bond donors (Lipinski definition) is 2. The van der Waals surface area contributed by atoms with E-state index in [1.807, 2.05) is 0 Å². The summed E-state index contributed by atoms with van der Waals surface area (Å²) in [6.07, 6.45) is -5.08. The number of carbonyl (C=O) groups is 1. The molecule has 0 unspecified atom stereocenters. The van der Waals surface area contributed by atoms with E-state index in [0.29, 0.717) is 23.0 Å². The minimum Gasteiger partial charge on any atom is -0.475 e. The molecule has 3 heterocycles. The second kappa shape index (κ2) is 4.40. The van der Waals surface area contributed by atoms with Crippen LogP contribution in [0.2, 0.25) is 0 Å². The van der Waals surface area contributed by atoms with E-state index in [4.69, 9.17) is 24.9 Å². The number of fused-ring (bicyclic) bond motifs is 1. The van der Waals surface area contributed by atoms with Crippen LogP contribution in [0, 0.1) is 0 Å². The number of rotatable bonds is 1. The summed E-state index contributed by atoms with van der Waals surface area (Å²) in [5.41, 5.74) is 6.64. The lowest BCUT2D eigenvalue weighted by molar-refractivity contribution is -0.192. The first-order chi connectivity index (χ1) is 9.24. The summed E-state index contributed by atoms with van der Waals surface area (Å²) in [6, 6.07) is 0.321. The molecule has 0 spiro atoms. The van der Waals surface area contributed by atoms with Crippen molar-refractivity contribution in [3.8, 4) is 6.01 Å². The molecule has 20 heavy (non-hydrogen) atoms. The summed E-state index contributed by atoms with van der Waals surface area (Å²) in [7, 11) is 1.50. The number of carboxylic acids is 1. The van der Waals surface area contributed by atoms with Gasteiger partial charge in [0.25, 0.3) is 0 Å². The van der Waals surface area contributed by atoms with Crippen molar-refractivity contribution in [1.82, 2.24) is 19.5 Å². The molecule has 0 atom stereocenters. The zero-order valence-electron chi connectivity index (χ0n) is 9.67. The Labute approximate surface area is 107 Å². The predicted molar refractivity (Wildman–Crippen MR) is 56.4 cm³/mol. The van der Waals surface area contributed by atoms with Gasteiger partial charge in [0, 0.05) is 0 Å². The molecule has 0 radical (unpaired) electrons. The van der Waals surface area contributed by atoms with E-state index in [1.165, 1.54) is 11.7 Å². The summed E-state index contributed by atoms with van der Waals surface area (Å²) < 4.78 is 43.2. The van der Waals surface area contributed by atoms with Crippen molar-refractivity contribution in [1.29, 1.82) is 0 Å². The molecule has 0 saturated heterocycles. The van der Waals surface area contributed by atoms with Gasteiger partial charge in [-0.05, 0) is 0 Å². The highest BCUT2D eigenvalue weighted by Gasteiger charge is 2.38. The summed E-state index contributed by atoms with van der Waals surface area (Å²) in [5.74, 6) is -2.23. The molecule has 3 aromatic heterocycles. The molecule has 0 aliphatic heterocycles. The number of aromatic nitrogens is 4. The summed E-state index contributed by atoms with van der Waals surface area (Å²) in [5, 5.41) is 7.12. The molecule has 0 aliphatic carbocycles. The lowest BCUT2D eigenvalue weighted by Gasteiger charge is -1.93. The van der Waals surface area contributed by atoms with Gasteiger partial charge in [-0.25, -0.2) is 4.79 Å². The minimum absolute atomic E-state index is 0.223. The van der Waals surface area contributed by atoms with Gasteiger partial charge < -0.3 is 20.1 Å². The lowest BCUT2D eigenvalue weighted by Crippen LogP contribution is -2.21. The first kappa shape index (κ1) is 13.6. The molecule has 3 aromatic rings. The Hall–Kier alpha value is -2.79. The van der Waals surface area contributed by atoms with E-state index in [0.717, 1.165) is 0 Å². The SMILES string of the molecule is COc1nc2c(N)nc3nc2n1o3.O=C(O)C(F)(F)F. The Morgan fingerprint density at radius 1 is 1.40 bits per heavy atom. The zero-order chi connectivity index (χ0) is 15.1. The fourth-order valence-corrected chi connectivity index (χ4v) is 1.25. The topological polar surface area (TPSA) is 129 Å². The predicted octanol–water partition coefficient (Wildman–Crippen LogP) is 0.532. The van der Waals surface area contributed by atoms with Crippen LogP contribution < -0.4 is 10.5 Å².